The minimum absolute atomic E-state index is 0.307. The molecule has 0 radical (unpaired) electrons. The highest BCUT2D eigenvalue weighted by molar-refractivity contribution is 6.10. The zero-order chi connectivity index (χ0) is 15.9. The molecule has 22 heavy (non-hydrogen) atoms. The summed E-state index contributed by atoms with van der Waals surface area (Å²) in [6.45, 7) is 1.88. The molecule has 0 saturated carbocycles. The largest absolute Gasteiger partial charge is 0.465 e. The molecule has 1 aromatic carbocycles. The van der Waals surface area contributed by atoms with Crippen LogP contribution in [0.25, 0.3) is 16.3 Å². The second-order valence-electron chi connectivity index (χ2n) is 4.98. The van der Waals surface area contributed by atoms with Crippen molar-refractivity contribution in [3.63, 3.8) is 0 Å². The van der Waals surface area contributed by atoms with Gasteiger partial charge in [-0.1, -0.05) is 24.3 Å². The van der Waals surface area contributed by atoms with Gasteiger partial charge in [-0.2, -0.15) is 0 Å². The van der Waals surface area contributed by atoms with Crippen LogP contribution in [0.2, 0.25) is 0 Å². The van der Waals surface area contributed by atoms with E-state index in [1.165, 1.54) is 20.3 Å². The number of aryl methyl sites for hydroxylation is 1. The summed E-state index contributed by atoms with van der Waals surface area (Å²) in [5.74, 6) is -0.980. The van der Waals surface area contributed by atoms with Crippen LogP contribution in [0, 0.1) is 6.92 Å². The minimum atomic E-state index is -0.497. The fourth-order valence-corrected chi connectivity index (χ4v) is 2.79. The number of fused-ring (bicyclic) bond motifs is 3. The van der Waals surface area contributed by atoms with Crippen molar-refractivity contribution in [1.82, 2.24) is 4.40 Å². The lowest BCUT2D eigenvalue weighted by Gasteiger charge is -2.09. The van der Waals surface area contributed by atoms with E-state index < -0.39 is 11.9 Å². The molecule has 0 aliphatic carbocycles. The summed E-state index contributed by atoms with van der Waals surface area (Å²) in [7, 11) is 2.64. The molecule has 0 unspecified atom stereocenters. The second-order valence-corrected chi connectivity index (χ2v) is 4.98. The predicted octanol–water partition coefficient (Wildman–Crippen LogP) is 2.97. The lowest BCUT2D eigenvalue weighted by atomic mass is 10.1. The summed E-state index contributed by atoms with van der Waals surface area (Å²) in [5, 5.41) is 1.87. The van der Waals surface area contributed by atoms with Gasteiger partial charge in [0.15, 0.2) is 0 Å². The summed E-state index contributed by atoms with van der Waals surface area (Å²) in [6.07, 6.45) is 0. The Hall–Kier alpha value is -2.82. The summed E-state index contributed by atoms with van der Waals surface area (Å²) >= 11 is 0. The Kier molecular flexibility index (Phi) is 3.33. The molecule has 112 valence electrons. The van der Waals surface area contributed by atoms with Gasteiger partial charge in [0, 0.05) is 11.1 Å². The van der Waals surface area contributed by atoms with E-state index in [2.05, 4.69) is 0 Å². The number of ether oxygens (including phenoxy) is 2. The number of carbonyl (C=O) groups excluding carboxylic acids is 2. The van der Waals surface area contributed by atoms with Crippen molar-refractivity contribution in [2.45, 2.75) is 6.92 Å². The Balaban J connectivity index is 2.53. The van der Waals surface area contributed by atoms with E-state index in [9.17, 15) is 9.59 Å². The smallest absolute Gasteiger partial charge is 0.355 e. The monoisotopic (exact) mass is 297 g/mol. The highest BCUT2D eigenvalue weighted by Gasteiger charge is 2.23. The maximum absolute atomic E-state index is 12.1. The van der Waals surface area contributed by atoms with Crippen molar-refractivity contribution in [2.75, 3.05) is 14.2 Å². The Bertz CT molecular complexity index is 908. The third kappa shape index (κ3) is 1.94. The van der Waals surface area contributed by atoms with E-state index in [-0.39, 0.29) is 0 Å². The molecular formula is C17H15NO4. The van der Waals surface area contributed by atoms with Crippen molar-refractivity contribution >= 4 is 28.2 Å². The summed E-state index contributed by atoms with van der Waals surface area (Å²) in [6, 6.07) is 11.2. The molecule has 0 saturated heterocycles. The maximum Gasteiger partial charge on any atom is 0.355 e. The molecule has 2 heterocycles. The van der Waals surface area contributed by atoms with Crippen molar-refractivity contribution in [1.29, 1.82) is 0 Å². The first kappa shape index (κ1) is 14.1. The molecule has 0 atom stereocenters. The Morgan fingerprint density at radius 3 is 2.36 bits per heavy atom. The van der Waals surface area contributed by atoms with Gasteiger partial charge in [-0.15, -0.1) is 0 Å². The average molecular weight is 297 g/mol. The minimum Gasteiger partial charge on any atom is -0.465 e. The first-order valence-electron chi connectivity index (χ1n) is 6.79. The van der Waals surface area contributed by atoms with Gasteiger partial charge in [-0.25, -0.2) is 9.59 Å². The SMILES string of the molecule is COC(=O)c1cc(C(=O)OC)n2c(C)cc3ccccc3c12. The van der Waals surface area contributed by atoms with Crippen LogP contribution in [-0.2, 0) is 9.47 Å². The van der Waals surface area contributed by atoms with Gasteiger partial charge < -0.3 is 13.9 Å². The zero-order valence-electron chi connectivity index (χ0n) is 12.5. The normalized spacial score (nSPS) is 10.9. The summed E-state index contributed by atoms with van der Waals surface area (Å²) in [5.41, 5.74) is 2.15. The molecule has 0 spiro atoms. The average Bonchev–Trinajstić information content (AvgIpc) is 2.95. The summed E-state index contributed by atoms with van der Waals surface area (Å²) in [4.78, 5) is 24.2. The van der Waals surface area contributed by atoms with Crippen LogP contribution in [0.15, 0.2) is 36.4 Å². The van der Waals surface area contributed by atoms with Crippen LogP contribution < -0.4 is 0 Å². The van der Waals surface area contributed by atoms with Crippen molar-refractivity contribution in [3.8, 4) is 0 Å². The van der Waals surface area contributed by atoms with Crippen molar-refractivity contribution in [2.24, 2.45) is 0 Å². The predicted molar refractivity (Wildman–Crippen MR) is 82.3 cm³/mol. The van der Waals surface area contributed by atoms with E-state index in [1.807, 2.05) is 37.3 Å². The lowest BCUT2D eigenvalue weighted by molar-refractivity contribution is 0.0592. The number of hydrogen-bond acceptors (Lipinski definition) is 4. The lowest BCUT2D eigenvalue weighted by Crippen LogP contribution is -2.07. The second kappa shape index (κ2) is 5.18. The standard InChI is InChI=1S/C17H15NO4/c1-10-8-11-6-4-5-7-12(11)15-13(16(19)21-2)9-14(18(10)15)17(20)22-3/h4-9H,1-3H3. The van der Waals surface area contributed by atoms with Gasteiger partial charge in [-0.3, -0.25) is 0 Å². The molecule has 0 fully saturated rings. The van der Waals surface area contributed by atoms with E-state index >= 15 is 0 Å². The number of rotatable bonds is 2. The summed E-state index contributed by atoms with van der Waals surface area (Å²) < 4.78 is 11.4. The molecule has 0 aliphatic heterocycles. The van der Waals surface area contributed by atoms with Crippen LogP contribution >= 0.6 is 0 Å². The quantitative estimate of drug-likeness (QED) is 0.682. The van der Waals surface area contributed by atoms with Crippen LogP contribution in [0.3, 0.4) is 0 Å². The number of aromatic nitrogens is 1. The Morgan fingerprint density at radius 1 is 1.00 bits per heavy atom. The van der Waals surface area contributed by atoms with Crippen LogP contribution in [0.1, 0.15) is 26.5 Å². The highest BCUT2D eigenvalue weighted by atomic mass is 16.5. The molecule has 5 nitrogen and oxygen atoms in total. The molecule has 0 amide bonds. The van der Waals surface area contributed by atoms with Crippen LogP contribution in [0.5, 0.6) is 0 Å². The zero-order valence-corrected chi connectivity index (χ0v) is 12.5. The van der Waals surface area contributed by atoms with Gasteiger partial charge in [0.2, 0.25) is 0 Å². The van der Waals surface area contributed by atoms with Crippen LogP contribution in [-0.4, -0.2) is 30.6 Å². The third-order valence-electron chi connectivity index (χ3n) is 3.73. The highest BCUT2D eigenvalue weighted by Crippen LogP contribution is 2.29. The number of benzene rings is 1. The van der Waals surface area contributed by atoms with E-state index in [1.54, 1.807) is 4.40 Å². The topological polar surface area (TPSA) is 57.0 Å². The molecule has 3 rings (SSSR count). The number of carbonyl (C=O) groups is 2. The maximum atomic E-state index is 12.1. The van der Waals surface area contributed by atoms with Gasteiger partial charge in [0.05, 0.1) is 25.3 Å². The molecule has 0 N–H and O–H groups in total. The molecule has 0 bridgehead atoms. The molecule has 2 aromatic heterocycles. The number of methoxy groups -OCH3 is 2. The van der Waals surface area contributed by atoms with E-state index in [4.69, 9.17) is 9.47 Å². The fourth-order valence-electron chi connectivity index (χ4n) is 2.79. The molecular weight excluding hydrogens is 282 g/mol. The number of hydrogen-bond donors (Lipinski definition) is 0. The fraction of sp³-hybridized carbons (Fsp3) is 0.176. The van der Waals surface area contributed by atoms with E-state index in [0.717, 1.165) is 16.5 Å². The van der Waals surface area contributed by atoms with Crippen molar-refractivity contribution in [3.05, 3.63) is 53.3 Å². The number of nitrogens with zero attached hydrogens (tertiary/aromatic N) is 1. The molecule has 3 aromatic rings. The molecule has 0 aliphatic rings. The first-order valence-corrected chi connectivity index (χ1v) is 6.79. The first-order chi connectivity index (χ1) is 10.6. The number of esters is 2. The van der Waals surface area contributed by atoms with Gasteiger partial charge in [0.1, 0.15) is 5.69 Å². The van der Waals surface area contributed by atoms with Gasteiger partial charge >= 0.3 is 11.9 Å². The van der Waals surface area contributed by atoms with Crippen molar-refractivity contribution < 1.29 is 19.1 Å². The van der Waals surface area contributed by atoms with Gasteiger partial charge in [0.25, 0.3) is 0 Å². The van der Waals surface area contributed by atoms with Crippen LogP contribution in [0.4, 0.5) is 0 Å². The van der Waals surface area contributed by atoms with Gasteiger partial charge in [-0.05, 0) is 24.4 Å². The third-order valence-corrected chi connectivity index (χ3v) is 3.73. The molecule has 5 heteroatoms. The number of pyridine rings is 1. The Morgan fingerprint density at radius 2 is 1.68 bits per heavy atom. The van der Waals surface area contributed by atoms with E-state index in [0.29, 0.717) is 16.8 Å². The Labute approximate surface area is 127 Å².